The monoisotopic (exact) mass is 516 g/mol. The minimum Gasteiger partial charge on any atom is -0.365 e. The van der Waals surface area contributed by atoms with Crippen LogP contribution in [0.1, 0.15) is 77.2 Å². The third-order valence-electron chi connectivity index (χ3n) is 8.78. The van der Waals surface area contributed by atoms with E-state index < -0.39 is 7.60 Å². The summed E-state index contributed by atoms with van der Waals surface area (Å²) in [5.41, 5.74) is 1.37. The Morgan fingerprint density at radius 3 is 2.53 bits per heavy atom. The third-order valence-corrected chi connectivity index (χ3v) is 9.59. The number of hydrogen-bond acceptors (Lipinski definition) is 5. The second-order valence-electron chi connectivity index (χ2n) is 11.3. The first-order valence-electron chi connectivity index (χ1n) is 13.9. The van der Waals surface area contributed by atoms with Gasteiger partial charge in [0.25, 0.3) is 5.56 Å². The van der Waals surface area contributed by atoms with Crippen molar-refractivity contribution >= 4 is 24.4 Å². The van der Waals surface area contributed by atoms with Crippen molar-refractivity contribution in [1.29, 1.82) is 0 Å². The lowest BCUT2D eigenvalue weighted by Crippen LogP contribution is -2.52. The van der Waals surface area contributed by atoms with Crippen LogP contribution in [0.15, 0.2) is 29.1 Å². The third kappa shape index (κ3) is 5.72. The van der Waals surface area contributed by atoms with Crippen molar-refractivity contribution in [2.24, 2.45) is 11.8 Å². The number of piperidine rings is 1. The Kier molecular flexibility index (Phi) is 7.87. The van der Waals surface area contributed by atoms with Gasteiger partial charge in [0.2, 0.25) is 0 Å². The van der Waals surface area contributed by atoms with E-state index in [0.29, 0.717) is 12.1 Å². The zero-order valence-corrected chi connectivity index (χ0v) is 22.3. The van der Waals surface area contributed by atoms with Crippen LogP contribution in [0, 0.1) is 11.8 Å². The molecular weight excluding hydrogens is 475 g/mol. The lowest BCUT2D eigenvalue weighted by Gasteiger charge is -2.49. The number of anilines is 1. The molecule has 0 amide bonds. The van der Waals surface area contributed by atoms with Crippen LogP contribution in [0.2, 0.25) is 0 Å². The highest BCUT2D eigenvalue weighted by molar-refractivity contribution is 7.51. The molecule has 1 aromatic carbocycles. The molecule has 2 heterocycles. The molecule has 0 radical (unpaired) electrons. The normalized spacial score (nSPS) is 29.4. The van der Waals surface area contributed by atoms with Crippen LogP contribution in [-0.2, 0) is 4.57 Å². The van der Waals surface area contributed by atoms with Crippen molar-refractivity contribution in [2.45, 2.75) is 89.3 Å². The van der Waals surface area contributed by atoms with Crippen molar-refractivity contribution in [3.8, 4) is 0 Å². The number of aromatic nitrogens is 2. The average Bonchev–Trinajstić information content (AvgIpc) is 2.84. The number of benzene rings is 1. The maximum absolute atomic E-state index is 13.6. The molecule has 8 nitrogen and oxygen atoms in total. The Bertz CT molecular complexity index is 1150. The Hall–Kier alpha value is -1.73. The molecule has 5 rings (SSSR count). The van der Waals surface area contributed by atoms with E-state index in [0.717, 1.165) is 55.1 Å². The Morgan fingerprint density at radius 1 is 1.06 bits per heavy atom. The summed E-state index contributed by atoms with van der Waals surface area (Å²) in [7, 11) is -4.15. The molecule has 198 valence electrons. The Morgan fingerprint density at radius 2 is 1.81 bits per heavy atom. The zero-order valence-electron chi connectivity index (χ0n) is 21.4. The number of rotatable bonds is 8. The minimum atomic E-state index is -4.15. The van der Waals surface area contributed by atoms with Crippen LogP contribution >= 0.6 is 7.60 Å². The maximum Gasteiger partial charge on any atom is 0.327 e. The first-order chi connectivity index (χ1) is 17.3. The second kappa shape index (κ2) is 10.9. The average molecular weight is 517 g/mol. The van der Waals surface area contributed by atoms with E-state index in [1.165, 1.54) is 38.5 Å². The summed E-state index contributed by atoms with van der Waals surface area (Å²) < 4.78 is 13.2. The first kappa shape index (κ1) is 25.9. The first-order valence-corrected chi connectivity index (χ1v) is 15.7. The smallest absolute Gasteiger partial charge is 0.327 e. The summed E-state index contributed by atoms with van der Waals surface area (Å²) in [6.45, 7) is 3.28. The second-order valence-corrected chi connectivity index (χ2v) is 13.1. The molecule has 36 heavy (non-hydrogen) atoms. The van der Waals surface area contributed by atoms with Gasteiger partial charge in [0, 0.05) is 31.2 Å². The zero-order chi connectivity index (χ0) is 25.3. The standard InChI is InChI=1S/C27H41N4O4P/c1-2-6-21-18-22(11-13-30(21)23-16-19-7-5-8-20(15-19)17-23)31-25-10-4-3-9-24(25)29-26(27(31)32)28-12-14-36(33,34)35/h3-4,9-10,19-23H,2,5-8,11-18H2,1H3,(H,28,29)(H2,33,34,35)/t19-,20+,21-,22-,23+/m0/s1. The molecule has 1 aliphatic heterocycles. The van der Waals surface area contributed by atoms with E-state index in [1.807, 2.05) is 28.8 Å². The van der Waals surface area contributed by atoms with Crippen molar-refractivity contribution < 1.29 is 14.4 Å². The van der Waals surface area contributed by atoms with Gasteiger partial charge in [-0.1, -0.05) is 44.7 Å². The maximum atomic E-state index is 13.6. The van der Waals surface area contributed by atoms with E-state index in [9.17, 15) is 19.1 Å². The van der Waals surface area contributed by atoms with E-state index in [4.69, 9.17) is 0 Å². The molecule has 3 fully saturated rings. The fourth-order valence-electron chi connectivity index (χ4n) is 7.30. The lowest BCUT2D eigenvalue weighted by atomic mass is 9.69. The van der Waals surface area contributed by atoms with Gasteiger partial charge in [0.15, 0.2) is 5.82 Å². The van der Waals surface area contributed by atoms with E-state index in [1.54, 1.807) is 0 Å². The number of para-hydroxylation sites is 2. The summed E-state index contributed by atoms with van der Waals surface area (Å²) in [5, 5.41) is 2.91. The van der Waals surface area contributed by atoms with Gasteiger partial charge in [-0.25, -0.2) is 4.98 Å². The number of likely N-dealkylation sites (tertiary alicyclic amines) is 1. The molecule has 0 spiro atoms. The minimum absolute atomic E-state index is 0.00573. The number of nitrogens with zero attached hydrogens (tertiary/aromatic N) is 3. The van der Waals surface area contributed by atoms with Crippen molar-refractivity contribution in [3.05, 3.63) is 34.6 Å². The molecular formula is C27H41N4O4P. The molecule has 1 saturated heterocycles. The van der Waals surface area contributed by atoms with E-state index in [2.05, 4.69) is 22.1 Å². The van der Waals surface area contributed by atoms with Crippen molar-refractivity contribution in [2.75, 3.05) is 24.6 Å². The van der Waals surface area contributed by atoms with Crippen molar-refractivity contribution in [3.63, 3.8) is 0 Å². The number of nitrogens with one attached hydrogen (secondary N) is 1. The summed E-state index contributed by atoms with van der Waals surface area (Å²) in [6, 6.07) is 8.96. The fraction of sp³-hybridized carbons (Fsp3) is 0.704. The van der Waals surface area contributed by atoms with E-state index in [-0.39, 0.29) is 30.1 Å². The lowest BCUT2D eigenvalue weighted by molar-refractivity contribution is 0.0107. The van der Waals surface area contributed by atoms with Crippen LogP contribution in [-0.4, -0.2) is 55.6 Å². The molecule has 2 aromatic rings. The summed E-state index contributed by atoms with van der Waals surface area (Å²) >= 11 is 0. The fourth-order valence-corrected chi connectivity index (χ4v) is 7.70. The number of hydrogen-bond donors (Lipinski definition) is 3. The molecule has 2 saturated carbocycles. The van der Waals surface area contributed by atoms with Crippen LogP contribution in [0.4, 0.5) is 5.82 Å². The molecule has 9 heteroatoms. The van der Waals surface area contributed by atoms with Crippen LogP contribution in [0.3, 0.4) is 0 Å². The summed E-state index contributed by atoms with van der Waals surface area (Å²) in [6.07, 6.45) is 12.2. The topological polar surface area (TPSA) is 108 Å². The van der Waals surface area contributed by atoms with Crippen molar-refractivity contribution in [1.82, 2.24) is 14.5 Å². The molecule has 3 aliphatic rings. The highest BCUT2D eigenvalue weighted by Crippen LogP contribution is 2.44. The van der Waals surface area contributed by atoms with E-state index >= 15 is 0 Å². The SMILES string of the molecule is CCC[C@H]1C[C@@H](n2c(=O)c(NCCP(=O)(O)O)nc3ccccc32)CCN1[C@H]1C[C@@H]2CCC[C@@H](C2)C1. The van der Waals surface area contributed by atoms with Crippen LogP contribution in [0.25, 0.3) is 11.0 Å². The molecule has 1 aromatic heterocycles. The van der Waals surface area contributed by atoms with Crippen LogP contribution in [0.5, 0.6) is 0 Å². The molecule has 2 bridgehead atoms. The van der Waals surface area contributed by atoms with Gasteiger partial charge in [-0.05, 0) is 62.5 Å². The van der Waals surface area contributed by atoms with Gasteiger partial charge in [0.05, 0.1) is 17.2 Å². The molecule has 3 N–H and O–H groups in total. The molecule has 5 atom stereocenters. The van der Waals surface area contributed by atoms with Gasteiger partial charge < -0.3 is 19.7 Å². The molecule has 2 aliphatic carbocycles. The number of fused-ring (bicyclic) bond motifs is 3. The Labute approximate surface area is 213 Å². The van der Waals surface area contributed by atoms with Gasteiger partial charge in [-0.3, -0.25) is 14.3 Å². The quantitative estimate of drug-likeness (QED) is 0.434. The Balaban J connectivity index is 1.41. The highest BCUT2D eigenvalue weighted by atomic mass is 31.2. The van der Waals surface area contributed by atoms with Gasteiger partial charge in [0.1, 0.15) is 0 Å². The van der Waals surface area contributed by atoms with Gasteiger partial charge in [-0.15, -0.1) is 0 Å². The van der Waals surface area contributed by atoms with Gasteiger partial charge >= 0.3 is 7.60 Å². The van der Waals surface area contributed by atoms with Gasteiger partial charge in [-0.2, -0.15) is 0 Å². The highest BCUT2D eigenvalue weighted by Gasteiger charge is 2.39. The predicted octanol–water partition coefficient (Wildman–Crippen LogP) is 4.76. The summed E-state index contributed by atoms with van der Waals surface area (Å²) in [5.74, 6) is 1.98. The summed E-state index contributed by atoms with van der Waals surface area (Å²) in [4.78, 5) is 39.4. The molecule has 0 unspecified atom stereocenters. The van der Waals surface area contributed by atoms with Crippen LogP contribution < -0.4 is 10.9 Å². The largest absolute Gasteiger partial charge is 0.365 e. The predicted molar refractivity (Wildman–Crippen MR) is 144 cm³/mol.